The van der Waals surface area contributed by atoms with Crippen LogP contribution in [0.4, 0.5) is 0 Å². The average molecular weight is 491 g/mol. The number of benzene rings is 2. The maximum Gasteiger partial charge on any atom is 0.336 e. The number of hydrogen-bond donors (Lipinski definition) is 1. The van der Waals surface area contributed by atoms with E-state index >= 15 is 0 Å². The Balaban J connectivity index is 1.71. The normalized spacial score (nSPS) is 17.6. The molecule has 4 rings (SSSR count). The van der Waals surface area contributed by atoms with Gasteiger partial charge in [-0.2, -0.15) is 0 Å². The summed E-state index contributed by atoms with van der Waals surface area (Å²) in [4.78, 5) is 37.4. The molecule has 0 fully saturated rings. The zero-order valence-corrected chi connectivity index (χ0v) is 20.3. The van der Waals surface area contributed by atoms with Crippen LogP contribution in [-0.4, -0.2) is 28.8 Å². The quantitative estimate of drug-likeness (QED) is 0.297. The molecule has 186 valence electrons. The molecule has 2 heterocycles. The third kappa shape index (κ3) is 5.02. The van der Waals surface area contributed by atoms with Gasteiger partial charge in [-0.25, -0.2) is 14.4 Å². The van der Waals surface area contributed by atoms with Crippen LogP contribution in [0.1, 0.15) is 44.9 Å². The molecule has 8 nitrogen and oxygen atoms in total. The van der Waals surface area contributed by atoms with E-state index in [9.17, 15) is 19.5 Å². The Bertz CT molecular complexity index is 1430. The number of carbonyl (C=O) groups excluding carboxylic acids is 2. The first kappa shape index (κ1) is 24.8. The Labute approximate surface area is 207 Å². The fourth-order valence-corrected chi connectivity index (χ4v) is 3.89. The lowest BCUT2D eigenvalue weighted by molar-refractivity contribution is -0.172. The van der Waals surface area contributed by atoms with Crippen molar-refractivity contribution < 1.29 is 33.3 Å². The number of carbonyl (C=O) groups is 2. The highest BCUT2D eigenvalue weighted by Gasteiger charge is 2.50. The zero-order chi connectivity index (χ0) is 26.0. The van der Waals surface area contributed by atoms with Crippen molar-refractivity contribution in [1.29, 1.82) is 0 Å². The molecule has 0 radical (unpaired) electrons. The Kier molecular flexibility index (Phi) is 6.70. The summed E-state index contributed by atoms with van der Waals surface area (Å²) >= 11 is 0. The number of aromatic hydroxyl groups is 1. The van der Waals surface area contributed by atoms with Crippen LogP contribution in [0.3, 0.4) is 0 Å². The number of esters is 2. The molecule has 1 aliphatic rings. The molecule has 36 heavy (non-hydrogen) atoms. The molecule has 0 bridgehead atoms. The molecule has 8 heteroatoms. The fraction of sp³-hybridized carbons (Fsp3) is 0.250. The first-order valence-corrected chi connectivity index (χ1v) is 11.4. The molecule has 3 aromatic rings. The Morgan fingerprint density at radius 1 is 1.06 bits per heavy atom. The molecule has 0 spiro atoms. The molecular formula is C28H26O8. The van der Waals surface area contributed by atoms with E-state index in [2.05, 4.69) is 0 Å². The lowest BCUT2D eigenvalue weighted by Crippen LogP contribution is -2.46. The van der Waals surface area contributed by atoms with Crippen LogP contribution < -0.4 is 10.4 Å². The predicted molar refractivity (Wildman–Crippen MR) is 132 cm³/mol. The number of rotatable bonds is 6. The molecule has 2 atom stereocenters. The van der Waals surface area contributed by atoms with Gasteiger partial charge in [0, 0.05) is 23.1 Å². The van der Waals surface area contributed by atoms with E-state index in [1.54, 1.807) is 64.1 Å². The lowest BCUT2D eigenvalue weighted by atomic mass is 9.93. The van der Waals surface area contributed by atoms with Crippen molar-refractivity contribution in [1.82, 2.24) is 0 Å². The molecule has 1 N–H and O–H groups in total. The average Bonchev–Trinajstić information content (AvgIpc) is 3.22. The predicted octanol–water partition coefficient (Wildman–Crippen LogP) is 4.85. The highest BCUT2D eigenvalue weighted by molar-refractivity contribution is 5.89. The minimum absolute atomic E-state index is 0.107. The first-order valence-electron chi connectivity index (χ1n) is 11.4. The Morgan fingerprint density at radius 2 is 1.75 bits per heavy atom. The van der Waals surface area contributed by atoms with Gasteiger partial charge in [0.25, 0.3) is 0 Å². The summed E-state index contributed by atoms with van der Waals surface area (Å²) in [7, 11) is 0. The van der Waals surface area contributed by atoms with Crippen LogP contribution in [0.25, 0.3) is 17.0 Å². The first-order chi connectivity index (χ1) is 17.1. The van der Waals surface area contributed by atoms with Crippen molar-refractivity contribution >= 4 is 29.0 Å². The van der Waals surface area contributed by atoms with E-state index in [4.69, 9.17) is 18.6 Å². The molecule has 0 saturated carbocycles. The number of ether oxygens (including phenoxy) is 3. The van der Waals surface area contributed by atoms with Crippen LogP contribution in [0, 0.1) is 0 Å². The second kappa shape index (κ2) is 9.73. The van der Waals surface area contributed by atoms with Gasteiger partial charge in [0.05, 0.1) is 5.56 Å². The smallest absolute Gasteiger partial charge is 0.336 e. The van der Waals surface area contributed by atoms with Crippen LogP contribution in [0.2, 0.25) is 0 Å². The molecule has 0 saturated heterocycles. The largest absolute Gasteiger partial charge is 0.508 e. The molecule has 1 aliphatic heterocycles. The van der Waals surface area contributed by atoms with Gasteiger partial charge in [-0.1, -0.05) is 18.2 Å². The van der Waals surface area contributed by atoms with Gasteiger partial charge in [0.1, 0.15) is 22.7 Å². The highest BCUT2D eigenvalue weighted by Crippen LogP contribution is 2.47. The van der Waals surface area contributed by atoms with Gasteiger partial charge >= 0.3 is 17.6 Å². The van der Waals surface area contributed by atoms with E-state index in [-0.39, 0.29) is 11.3 Å². The minimum Gasteiger partial charge on any atom is -0.508 e. The van der Waals surface area contributed by atoms with Gasteiger partial charge in [-0.15, -0.1) is 0 Å². The van der Waals surface area contributed by atoms with E-state index in [1.165, 1.54) is 30.4 Å². The lowest BCUT2D eigenvalue weighted by Gasteiger charge is -2.33. The van der Waals surface area contributed by atoms with Gasteiger partial charge in [0.2, 0.25) is 0 Å². The van der Waals surface area contributed by atoms with Crippen LogP contribution >= 0.6 is 0 Å². The van der Waals surface area contributed by atoms with Gasteiger partial charge in [-0.3, -0.25) is 0 Å². The van der Waals surface area contributed by atoms with E-state index < -0.39 is 35.4 Å². The minimum atomic E-state index is -1.23. The zero-order valence-electron chi connectivity index (χ0n) is 20.3. The molecule has 0 aliphatic carbocycles. The van der Waals surface area contributed by atoms with Gasteiger partial charge < -0.3 is 23.7 Å². The van der Waals surface area contributed by atoms with Crippen molar-refractivity contribution in [2.45, 2.75) is 45.5 Å². The number of hydrogen-bond acceptors (Lipinski definition) is 8. The third-order valence-electron chi connectivity index (χ3n) is 5.95. The number of phenolic OH excluding ortho intramolecular Hbond substituents is 1. The number of phenols is 1. The van der Waals surface area contributed by atoms with Crippen LogP contribution in [0.5, 0.6) is 11.5 Å². The van der Waals surface area contributed by atoms with Crippen molar-refractivity contribution in [3.05, 3.63) is 87.8 Å². The second-order valence-electron chi connectivity index (χ2n) is 8.94. The molecule has 2 unspecified atom stereocenters. The second-order valence-corrected chi connectivity index (χ2v) is 8.94. The maximum absolute atomic E-state index is 12.9. The summed E-state index contributed by atoms with van der Waals surface area (Å²) in [5.41, 5.74) is -0.0840. The maximum atomic E-state index is 12.9. The highest BCUT2D eigenvalue weighted by atomic mass is 16.6. The fourth-order valence-electron chi connectivity index (χ4n) is 3.89. The third-order valence-corrected chi connectivity index (χ3v) is 5.95. The Hall–Kier alpha value is -4.33. The van der Waals surface area contributed by atoms with Crippen LogP contribution in [-0.2, 0) is 19.1 Å². The number of fused-ring (bicyclic) bond motifs is 3. The van der Waals surface area contributed by atoms with E-state index in [1.807, 2.05) is 0 Å². The molecule has 2 aromatic carbocycles. The standard InChI is InChI=1S/C28H26O8/c1-5-16(2)27(32)36-28(3,4)26-25(35-21(30)14-8-17-6-11-19(29)12-7-17)23-20(33-26)13-9-18-10-15-22(31)34-24(18)23/h5-15,25-26,29H,1-4H3/b14-8+,16-5+. The summed E-state index contributed by atoms with van der Waals surface area (Å²) < 4.78 is 23.2. The van der Waals surface area contributed by atoms with Gasteiger partial charge in [0.15, 0.2) is 12.2 Å². The van der Waals surface area contributed by atoms with Crippen molar-refractivity contribution in [2.75, 3.05) is 0 Å². The molecule has 1 aromatic heterocycles. The number of allylic oxidation sites excluding steroid dienone is 1. The monoisotopic (exact) mass is 490 g/mol. The van der Waals surface area contributed by atoms with Crippen molar-refractivity contribution in [3.8, 4) is 11.5 Å². The Morgan fingerprint density at radius 3 is 2.44 bits per heavy atom. The van der Waals surface area contributed by atoms with Crippen molar-refractivity contribution in [2.24, 2.45) is 0 Å². The summed E-state index contributed by atoms with van der Waals surface area (Å²) in [6.45, 7) is 6.69. The summed E-state index contributed by atoms with van der Waals surface area (Å²) in [5, 5.41) is 10.1. The summed E-state index contributed by atoms with van der Waals surface area (Å²) in [6.07, 6.45) is 2.45. The molecule has 0 amide bonds. The topological polar surface area (TPSA) is 112 Å². The summed E-state index contributed by atoms with van der Waals surface area (Å²) in [6, 6.07) is 12.6. The SMILES string of the molecule is C/C=C(\C)C(=O)OC(C)(C)C1Oc2ccc3ccc(=O)oc3c2C1OC(=O)/C=C/c1ccc(O)cc1. The van der Waals surface area contributed by atoms with Gasteiger partial charge in [-0.05, 0) is 69.7 Å². The van der Waals surface area contributed by atoms with E-state index in [0.29, 0.717) is 27.8 Å². The molecular weight excluding hydrogens is 464 g/mol. The van der Waals surface area contributed by atoms with E-state index in [0.717, 1.165) is 0 Å². The van der Waals surface area contributed by atoms with Crippen LogP contribution in [0.15, 0.2) is 75.5 Å². The summed E-state index contributed by atoms with van der Waals surface area (Å²) in [5.74, 6) is -0.753. The van der Waals surface area contributed by atoms with Crippen molar-refractivity contribution in [3.63, 3.8) is 0 Å².